The fourth-order valence-electron chi connectivity index (χ4n) is 1.54. The second-order valence-electron chi connectivity index (χ2n) is 3.70. The van der Waals surface area contributed by atoms with Gasteiger partial charge in [-0.15, -0.1) is 11.3 Å². The second-order valence-corrected chi connectivity index (χ2v) is 4.64. The summed E-state index contributed by atoms with van der Waals surface area (Å²) in [5.41, 5.74) is 1.86. The van der Waals surface area contributed by atoms with E-state index in [2.05, 4.69) is 10.1 Å². The summed E-state index contributed by atoms with van der Waals surface area (Å²) >= 11 is 1.63. The molecule has 4 heteroatoms. The fourth-order valence-corrected chi connectivity index (χ4v) is 2.22. The van der Waals surface area contributed by atoms with Gasteiger partial charge in [0.2, 0.25) is 0 Å². The Hall–Kier alpha value is -2.20. The number of nitrogens with zero attached hydrogens (tertiary/aromatic N) is 2. The van der Waals surface area contributed by atoms with E-state index in [0.717, 1.165) is 16.1 Å². The highest BCUT2D eigenvalue weighted by Gasteiger charge is 2.05. The van der Waals surface area contributed by atoms with Crippen LogP contribution in [-0.2, 0) is 0 Å². The molecule has 0 radical (unpaired) electrons. The van der Waals surface area contributed by atoms with Gasteiger partial charge in [-0.1, -0.05) is 41.6 Å². The Balaban J connectivity index is 1.80. The Morgan fingerprint density at radius 2 is 2.00 bits per heavy atom. The lowest BCUT2D eigenvalue weighted by atomic mass is 10.2. The Kier molecular flexibility index (Phi) is 3.02. The molecule has 1 aromatic carbocycles. The summed E-state index contributed by atoms with van der Waals surface area (Å²) in [6, 6.07) is 15.7. The highest BCUT2D eigenvalue weighted by molar-refractivity contribution is 7.13. The quantitative estimate of drug-likeness (QED) is 0.658. The van der Waals surface area contributed by atoms with Crippen LogP contribution >= 0.6 is 11.3 Å². The van der Waals surface area contributed by atoms with Crippen molar-refractivity contribution in [2.24, 2.45) is 4.99 Å². The van der Waals surface area contributed by atoms with Crippen LogP contribution in [-0.4, -0.2) is 11.4 Å². The summed E-state index contributed by atoms with van der Waals surface area (Å²) in [4.78, 5) is 5.34. The molecule has 0 bridgehead atoms. The molecule has 3 nitrogen and oxygen atoms in total. The predicted octanol–water partition coefficient (Wildman–Crippen LogP) is 4.15. The number of thiophene rings is 1. The summed E-state index contributed by atoms with van der Waals surface area (Å²) in [6.07, 6.45) is 1.76. The van der Waals surface area contributed by atoms with Gasteiger partial charge < -0.3 is 4.52 Å². The van der Waals surface area contributed by atoms with Gasteiger partial charge in [-0.05, 0) is 17.0 Å². The molecule has 2 aromatic heterocycles. The summed E-state index contributed by atoms with van der Waals surface area (Å²) in [5, 5.41) is 6.00. The first-order valence-electron chi connectivity index (χ1n) is 5.51. The van der Waals surface area contributed by atoms with Crippen molar-refractivity contribution in [2.75, 3.05) is 0 Å². The lowest BCUT2D eigenvalue weighted by Gasteiger charge is -1.88. The first-order valence-corrected chi connectivity index (χ1v) is 6.39. The molecule has 0 aliphatic heterocycles. The lowest BCUT2D eigenvalue weighted by molar-refractivity contribution is 0.433. The van der Waals surface area contributed by atoms with Crippen molar-refractivity contribution in [3.63, 3.8) is 0 Å². The first-order chi connectivity index (χ1) is 8.92. The Morgan fingerprint density at radius 3 is 2.78 bits per heavy atom. The van der Waals surface area contributed by atoms with Gasteiger partial charge in [0, 0.05) is 12.3 Å². The van der Waals surface area contributed by atoms with Gasteiger partial charge in [-0.2, -0.15) is 0 Å². The highest BCUT2D eigenvalue weighted by atomic mass is 32.1. The van der Waals surface area contributed by atoms with Crippen LogP contribution in [0.15, 0.2) is 63.4 Å². The molecule has 0 atom stereocenters. The number of hydrogen-bond donors (Lipinski definition) is 0. The van der Waals surface area contributed by atoms with Crippen LogP contribution < -0.4 is 0 Å². The van der Waals surface area contributed by atoms with Crippen molar-refractivity contribution in [2.45, 2.75) is 0 Å². The third-order valence-corrected chi connectivity index (χ3v) is 3.30. The zero-order chi connectivity index (χ0) is 12.2. The molecule has 0 aliphatic rings. The van der Waals surface area contributed by atoms with Crippen LogP contribution in [0.2, 0.25) is 0 Å². The van der Waals surface area contributed by atoms with Crippen LogP contribution in [0.1, 0.15) is 5.56 Å². The van der Waals surface area contributed by atoms with Crippen molar-refractivity contribution in [3.05, 3.63) is 59.5 Å². The van der Waals surface area contributed by atoms with Crippen LogP contribution in [0.25, 0.3) is 10.6 Å². The van der Waals surface area contributed by atoms with Gasteiger partial charge in [0.15, 0.2) is 0 Å². The minimum absolute atomic E-state index is 0.516. The fraction of sp³-hybridized carbons (Fsp3) is 0. The zero-order valence-electron chi connectivity index (χ0n) is 9.48. The molecule has 0 fully saturated rings. The maximum atomic E-state index is 5.17. The summed E-state index contributed by atoms with van der Waals surface area (Å²) < 4.78 is 5.17. The van der Waals surface area contributed by atoms with Crippen LogP contribution in [0.5, 0.6) is 0 Å². The average Bonchev–Trinajstić information content (AvgIpc) is 3.08. The van der Waals surface area contributed by atoms with E-state index >= 15 is 0 Å². The standard InChI is InChI=1S/C14H10N2OS/c1-2-5-11(6-3-1)10-15-14-9-12(16-17-14)13-7-4-8-18-13/h1-10H/b15-10+. The molecule has 0 aliphatic carbocycles. The molecule has 3 aromatic rings. The van der Waals surface area contributed by atoms with Crippen LogP contribution in [0, 0.1) is 0 Å². The largest absolute Gasteiger partial charge is 0.336 e. The maximum absolute atomic E-state index is 5.17. The Labute approximate surface area is 108 Å². The van der Waals surface area contributed by atoms with E-state index in [4.69, 9.17) is 4.52 Å². The van der Waals surface area contributed by atoms with E-state index in [-0.39, 0.29) is 0 Å². The number of hydrogen-bond acceptors (Lipinski definition) is 4. The molecule has 0 spiro atoms. The normalized spacial score (nSPS) is 11.1. The van der Waals surface area contributed by atoms with E-state index in [9.17, 15) is 0 Å². The lowest BCUT2D eigenvalue weighted by Crippen LogP contribution is -1.76. The minimum atomic E-state index is 0.516. The Morgan fingerprint density at radius 1 is 1.11 bits per heavy atom. The maximum Gasteiger partial charge on any atom is 0.251 e. The van der Waals surface area contributed by atoms with Crippen molar-refractivity contribution in [3.8, 4) is 10.6 Å². The molecule has 0 saturated heterocycles. The second kappa shape index (κ2) is 4.98. The zero-order valence-corrected chi connectivity index (χ0v) is 10.3. The van der Waals surface area contributed by atoms with Crippen LogP contribution in [0.3, 0.4) is 0 Å². The van der Waals surface area contributed by atoms with E-state index < -0.39 is 0 Å². The van der Waals surface area contributed by atoms with Crippen molar-refractivity contribution >= 4 is 23.4 Å². The molecule has 3 rings (SSSR count). The molecule has 0 unspecified atom stereocenters. The van der Waals surface area contributed by atoms with Gasteiger partial charge in [0.25, 0.3) is 5.88 Å². The average molecular weight is 254 g/mol. The Bertz CT molecular complexity index is 642. The van der Waals surface area contributed by atoms with E-state index in [1.165, 1.54) is 0 Å². The van der Waals surface area contributed by atoms with E-state index in [0.29, 0.717) is 5.88 Å². The number of aromatic nitrogens is 1. The van der Waals surface area contributed by atoms with Gasteiger partial charge in [0.05, 0.1) is 4.88 Å². The molecule has 2 heterocycles. The molecule has 18 heavy (non-hydrogen) atoms. The van der Waals surface area contributed by atoms with Crippen LogP contribution in [0.4, 0.5) is 5.88 Å². The third kappa shape index (κ3) is 2.38. The molecule has 0 N–H and O–H groups in total. The highest BCUT2D eigenvalue weighted by Crippen LogP contribution is 2.26. The van der Waals surface area contributed by atoms with Gasteiger partial charge in [-0.25, -0.2) is 4.99 Å². The molecule has 88 valence electrons. The molecular formula is C14H10N2OS. The van der Waals surface area contributed by atoms with Gasteiger partial charge in [-0.3, -0.25) is 0 Å². The first kappa shape index (κ1) is 10.9. The van der Waals surface area contributed by atoms with E-state index in [1.54, 1.807) is 17.6 Å². The number of aliphatic imine (C=N–C) groups is 1. The van der Waals surface area contributed by atoms with Crippen molar-refractivity contribution in [1.82, 2.24) is 5.16 Å². The third-order valence-electron chi connectivity index (χ3n) is 2.41. The smallest absolute Gasteiger partial charge is 0.251 e. The number of benzene rings is 1. The van der Waals surface area contributed by atoms with Crippen molar-refractivity contribution in [1.29, 1.82) is 0 Å². The topological polar surface area (TPSA) is 38.4 Å². The molecular weight excluding hydrogens is 244 g/mol. The van der Waals surface area contributed by atoms with E-state index in [1.807, 2.05) is 53.9 Å². The summed E-state index contributed by atoms with van der Waals surface area (Å²) in [7, 11) is 0. The van der Waals surface area contributed by atoms with Gasteiger partial charge in [0.1, 0.15) is 5.69 Å². The predicted molar refractivity (Wildman–Crippen MR) is 73.5 cm³/mol. The van der Waals surface area contributed by atoms with Gasteiger partial charge >= 0.3 is 0 Å². The molecule has 0 saturated carbocycles. The van der Waals surface area contributed by atoms with Crippen molar-refractivity contribution < 1.29 is 4.52 Å². The minimum Gasteiger partial charge on any atom is -0.336 e. The summed E-state index contributed by atoms with van der Waals surface area (Å²) in [6.45, 7) is 0. The summed E-state index contributed by atoms with van der Waals surface area (Å²) in [5.74, 6) is 0.516. The molecule has 0 amide bonds. The number of rotatable bonds is 3. The monoisotopic (exact) mass is 254 g/mol. The SMILES string of the molecule is C(=N\c1cc(-c2cccs2)no1)/c1ccccc1.